The normalized spacial score (nSPS) is 11.0. The van der Waals surface area contributed by atoms with E-state index in [0.717, 1.165) is 11.3 Å². The van der Waals surface area contributed by atoms with Crippen molar-refractivity contribution in [1.29, 1.82) is 0 Å². The smallest absolute Gasteiger partial charge is 0.134 e. The summed E-state index contributed by atoms with van der Waals surface area (Å²) in [7, 11) is 1.52. The van der Waals surface area contributed by atoms with Crippen LogP contribution in [0.1, 0.15) is 19.6 Å². The van der Waals surface area contributed by atoms with Crippen LogP contribution in [0.5, 0.6) is 5.75 Å². The molecule has 0 aliphatic heterocycles. The lowest BCUT2D eigenvalue weighted by Gasteiger charge is -2.09. The number of benzene rings is 1. The molecule has 0 aliphatic rings. The Morgan fingerprint density at radius 2 is 2.05 bits per heavy atom. The maximum Gasteiger partial charge on any atom is 0.134 e. The van der Waals surface area contributed by atoms with Crippen LogP contribution >= 0.6 is 0 Å². The summed E-state index contributed by atoms with van der Waals surface area (Å²) in [6.07, 6.45) is 1.58. The standard InChI is InChI=1S/C15H18FNO2/c1-10(2)17-9-15-13(6-7-19-15)12-5-4-11(18-3)8-14(12)16/h4-8,10,17H,9H2,1-3H3. The van der Waals surface area contributed by atoms with Crippen LogP contribution < -0.4 is 10.1 Å². The monoisotopic (exact) mass is 263 g/mol. The number of furan rings is 1. The lowest BCUT2D eigenvalue weighted by Crippen LogP contribution is -2.21. The van der Waals surface area contributed by atoms with E-state index in [1.165, 1.54) is 13.2 Å². The highest BCUT2D eigenvalue weighted by atomic mass is 19.1. The first-order valence-electron chi connectivity index (χ1n) is 6.25. The molecule has 1 aromatic heterocycles. The first kappa shape index (κ1) is 13.6. The highest BCUT2D eigenvalue weighted by Gasteiger charge is 2.13. The second-order valence-corrected chi connectivity index (χ2v) is 4.64. The van der Waals surface area contributed by atoms with E-state index in [0.29, 0.717) is 23.9 Å². The van der Waals surface area contributed by atoms with Crippen LogP contribution in [-0.4, -0.2) is 13.2 Å². The first-order chi connectivity index (χ1) is 9.11. The van der Waals surface area contributed by atoms with Crippen LogP contribution in [-0.2, 0) is 6.54 Å². The molecule has 102 valence electrons. The molecule has 0 amide bonds. The Morgan fingerprint density at radius 3 is 2.68 bits per heavy atom. The third kappa shape index (κ3) is 3.15. The SMILES string of the molecule is COc1ccc(-c2ccoc2CNC(C)C)c(F)c1. The van der Waals surface area contributed by atoms with E-state index < -0.39 is 0 Å². The predicted octanol–water partition coefficient (Wildman–Crippen LogP) is 3.59. The van der Waals surface area contributed by atoms with Gasteiger partial charge < -0.3 is 14.5 Å². The van der Waals surface area contributed by atoms with Crippen LogP contribution in [0.2, 0.25) is 0 Å². The molecule has 0 spiro atoms. The summed E-state index contributed by atoms with van der Waals surface area (Å²) >= 11 is 0. The van der Waals surface area contributed by atoms with Gasteiger partial charge in [-0.05, 0) is 18.2 Å². The molecule has 0 saturated carbocycles. The molecule has 0 fully saturated rings. The highest BCUT2D eigenvalue weighted by Crippen LogP contribution is 2.29. The topological polar surface area (TPSA) is 34.4 Å². The molecule has 19 heavy (non-hydrogen) atoms. The van der Waals surface area contributed by atoms with Crippen molar-refractivity contribution in [1.82, 2.24) is 5.32 Å². The zero-order valence-corrected chi connectivity index (χ0v) is 11.4. The van der Waals surface area contributed by atoms with Crippen LogP contribution in [0, 0.1) is 5.82 Å². The zero-order chi connectivity index (χ0) is 13.8. The summed E-state index contributed by atoms with van der Waals surface area (Å²) < 4.78 is 24.5. The number of methoxy groups -OCH3 is 1. The molecule has 1 N–H and O–H groups in total. The molecule has 3 nitrogen and oxygen atoms in total. The van der Waals surface area contributed by atoms with Gasteiger partial charge in [0, 0.05) is 23.2 Å². The average molecular weight is 263 g/mol. The fraction of sp³-hybridized carbons (Fsp3) is 0.333. The van der Waals surface area contributed by atoms with Crippen LogP contribution in [0.15, 0.2) is 34.9 Å². The Bertz CT molecular complexity index is 549. The molecular weight excluding hydrogens is 245 g/mol. The fourth-order valence-corrected chi connectivity index (χ4v) is 1.86. The second kappa shape index (κ2) is 5.89. The van der Waals surface area contributed by atoms with Gasteiger partial charge in [0.2, 0.25) is 0 Å². The highest BCUT2D eigenvalue weighted by molar-refractivity contribution is 5.66. The van der Waals surface area contributed by atoms with Gasteiger partial charge in [0.05, 0.1) is 19.9 Å². The number of ether oxygens (including phenoxy) is 1. The predicted molar refractivity (Wildman–Crippen MR) is 72.6 cm³/mol. The summed E-state index contributed by atoms with van der Waals surface area (Å²) in [6.45, 7) is 4.68. The Hall–Kier alpha value is -1.81. The van der Waals surface area contributed by atoms with E-state index in [9.17, 15) is 4.39 Å². The van der Waals surface area contributed by atoms with E-state index in [2.05, 4.69) is 19.2 Å². The van der Waals surface area contributed by atoms with Crippen molar-refractivity contribution in [2.75, 3.05) is 7.11 Å². The third-order valence-electron chi connectivity index (χ3n) is 2.88. The van der Waals surface area contributed by atoms with Gasteiger partial charge in [0.15, 0.2) is 0 Å². The molecule has 0 saturated heterocycles. The number of halogens is 1. The summed E-state index contributed by atoms with van der Waals surface area (Å²) in [4.78, 5) is 0. The Morgan fingerprint density at radius 1 is 1.26 bits per heavy atom. The van der Waals surface area contributed by atoms with E-state index in [1.807, 2.05) is 0 Å². The van der Waals surface area contributed by atoms with Crippen LogP contribution in [0.4, 0.5) is 4.39 Å². The van der Waals surface area contributed by atoms with E-state index in [4.69, 9.17) is 9.15 Å². The molecule has 2 rings (SSSR count). The van der Waals surface area contributed by atoms with Crippen molar-refractivity contribution in [3.8, 4) is 16.9 Å². The van der Waals surface area contributed by atoms with E-state index in [-0.39, 0.29) is 5.82 Å². The molecule has 1 aromatic carbocycles. The lowest BCUT2D eigenvalue weighted by molar-refractivity contribution is 0.411. The van der Waals surface area contributed by atoms with Gasteiger partial charge in [-0.25, -0.2) is 4.39 Å². The van der Waals surface area contributed by atoms with Gasteiger partial charge in [-0.15, -0.1) is 0 Å². The van der Waals surface area contributed by atoms with Gasteiger partial charge in [0.1, 0.15) is 17.3 Å². The van der Waals surface area contributed by atoms with Crippen molar-refractivity contribution < 1.29 is 13.5 Å². The van der Waals surface area contributed by atoms with Gasteiger partial charge >= 0.3 is 0 Å². The van der Waals surface area contributed by atoms with Crippen molar-refractivity contribution in [2.45, 2.75) is 26.4 Å². The van der Waals surface area contributed by atoms with Gasteiger partial charge in [-0.1, -0.05) is 13.8 Å². The Labute approximate surface area is 112 Å². The minimum absolute atomic E-state index is 0.313. The van der Waals surface area contributed by atoms with E-state index in [1.54, 1.807) is 24.5 Å². The Balaban J connectivity index is 2.29. The average Bonchev–Trinajstić information content (AvgIpc) is 2.84. The minimum atomic E-state index is -0.313. The fourth-order valence-electron chi connectivity index (χ4n) is 1.86. The molecule has 4 heteroatoms. The number of rotatable bonds is 5. The maximum atomic E-state index is 14.0. The molecule has 1 heterocycles. The van der Waals surface area contributed by atoms with Crippen LogP contribution in [0.25, 0.3) is 11.1 Å². The molecule has 0 unspecified atom stereocenters. The van der Waals surface area contributed by atoms with Gasteiger partial charge in [-0.2, -0.15) is 0 Å². The van der Waals surface area contributed by atoms with Crippen molar-refractivity contribution in [2.24, 2.45) is 0 Å². The molecule has 0 bridgehead atoms. The summed E-state index contributed by atoms with van der Waals surface area (Å²) in [6, 6.07) is 6.95. The molecular formula is C15H18FNO2. The number of hydrogen-bond donors (Lipinski definition) is 1. The second-order valence-electron chi connectivity index (χ2n) is 4.64. The summed E-state index contributed by atoms with van der Waals surface area (Å²) in [5.41, 5.74) is 1.29. The summed E-state index contributed by atoms with van der Waals surface area (Å²) in [5.74, 6) is 0.927. The first-order valence-corrected chi connectivity index (χ1v) is 6.25. The zero-order valence-electron chi connectivity index (χ0n) is 11.4. The molecule has 0 aliphatic carbocycles. The van der Waals surface area contributed by atoms with E-state index >= 15 is 0 Å². The molecule has 2 aromatic rings. The minimum Gasteiger partial charge on any atom is -0.497 e. The van der Waals surface area contributed by atoms with Crippen molar-refractivity contribution >= 4 is 0 Å². The quantitative estimate of drug-likeness (QED) is 0.895. The van der Waals surface area contributed by atoms with Gasteiger partial charge in [-0.3, -0.25) is 0 Å². The lowest BCUT2D eigenvalue weighted by atomic mass is 10.1. The third-order valence-corrected chi connectivity index (χ3v) is 2.88. The summed E-state index contributed by atoms with van der Waals surface area (Å²) in [5, 5.41) is 3.26. The largest absolute Gasteiger partial charge is 0.497 e. The van der Waals surface area contributed by atoms with Crippen molar-refractivity contribution in [3.05, 3.63) is 42.1 Å². The van der Waals surface area contributed by atoms with Crippen molar-refractivity contribution in [3.63, 3.8) is 0 Å². The van der Waals surface area contributed by atoms with Crippen LogP contribution in [0.3, 0.4) is 0 Å². The maximum absolute atomic E-state index is 14.0. The molecule has 0 radical (unpaired) electrons. The number of hydrogen-bond acceptors (Lipinski definition) is 3. The Kier molecular flexibility index (Phi) is 4.22. The molecule has 0 atom stereocenters. The van der Waals surface area contributed by atoms with Gasteiger partial charge in [0.25, 0.3) is 0 Å². The number of nitrogens with one attached hydrogen (secondary N) is 1.